The average molecular weight is 459 g/mol. The Bertz CT molecular complexity index is 951. The molecule has 2 aromatic rings. The third-order valence-electron chi connectivity index (χ3n) is 4.19. The lowest BCUT2D eigenvalue weighted by atomic mass is 9.84. The molecule has 5 nitrogen and oxygen atoms in total. The lowest BCUT2D eigenvalue weighted by molar-refractivity contribution is -0.136. The van der Waals surface area contributed by atoms with Gasteiger partial charge in [-0.1, -0.05) is 36.7 Å². The van der Waals surface area contributed by atoms with Gasteiger partial charge in [0.25, 0.3) is 5.91 Å². The minimum atomic E-state index is -4.81. The van der Waals surface area contributed by atoms with Crippen LogP contribution in [0.1, 0.15) is 47.8 Å². The highest BCUT2D eigenvalue weighted by atomic mass is 79.9. The molecule has 1 amide bonds. The second-order valence-electron chi connectivity index (χ2n) is 7.28. The number of nitrogens with zero attached hydrogens (tertiary/aromatic N) is 1. The van der Waals surface area contributed by atoms with Crippen LogP contribution in [-0.2, 0) is 11.6 Å². The van der Waals surface area contributed by atoms with Gasteiger partial charge in [0.2, 0.25) is 0 Å². The molecular formula is C19H18BrF3N2O3. The molecule has 2 aromatic carbocycles. The summed E-state index contributed by atoms with van der Waals surface area (Å²) < 4.78 is 40.5. The van der Waals surface area contributed by atoms with Crippen LogP contribution in [0.3, 0.4) is 0 Å². The smallest absolute Gasteiger partial charge is 0.418 e. The number of carbonyl (C=O) groups excluding carboxylic acids is 1. The molecule has 0 spiro atoms. The first-order chi connectivity index (χ1) is 12.8. The van der Waals surface area contributed by atoms with Crippen molar-refractivity contribution in [3.05, 3.63) is 55.9 Å². The van der Waals surface area contributed by atoms with E-state index in [1.165, 1.54) is 0 Å². The molecule has 0 bridgehead atoms. The zero-order valence-corrected chi connectivity index (χ0v) is 17.1. The van der Waals surface area contributed by atoms with Crippen LogP contribution in [0.2, 0.25) is 0 Å². The van der Waals surface area contributed by atoms with Crippen molar-refractivity contribution in [1.29, 1.82) is 0 Å². The van der Waals surface area contributed by atoms with Crippen molar-refractivity contribution in [2.75, 3.05) is 5.32 Å². The number of carbonyl (C=O) groups is 1. The fraction of sp³-hybridized carbons (Fsp3) is 0.316. The van der Waals surface area contributed by atoms with E-state index in [9.17, 15) is 28.0 Å². The summed E-state index contributed by atoms with van der Waals surface area (Å²) in [5.74, 6) is -1.20. The Hall–Kier alpha value is -2.42. The molecule has 0 aromatic heterocycles. The van der Waals surface area contributed by atoms with Crippen molar-refractivity contribution in [2.45, 2.75) is 39.3 Å². The van der Waals surface area contributed by atoms with E-state index in [-0.39, 0.29) is 11.3 Å². The van der Waals surface area contributed by atoms with Crippen LogP contribution < -0.4 is 5.32 Å². The molecule has 0 aliphatic heterocycles. The van der Waals surface area contributed by atoms with Gasteiger partial charge >= 0.3 is 6.18 Å². The first-order valence-electron chi connectivity index (χ1n) is 8.16. The molecule has 0 saturated carbocycles. The predicted octanol–water partition coefficient (Wildman–Crippen LogP) is 6.43. The largest absolute Gasteiger partial charge is 0.507 e. The Labute approximate surface area is 168 Å². The summed E-state index contributed by atoms with van der Waals surface area (Å²) in [4.78, 5) is 23.3. The second kappa shape index (κ2) is 7.54. The first kappa shape index (κ1) is 21.9. The monoisotopic (exact) mass is 458 g/mol. The quantitative estimate of drug-likeness (QED) is 0.520. The number of amides is 1. The van der Waals surface area contributed by atoms with Crippen LogP contribution in [0, 0.1) is 11.8 Å². The Morgan fingerprint density at radius 2 is 1.75 bits per heavy atom. The van der Waals surface area contributed by atoms with E-state index >= 15 is 0 Å². The fourth-order valence-corrected chi connectivity index (χ4v) is 3.13. The number of anilines is 1. The van der Waals surface area contributed by atoms with Crippen molar-refractivity contribution in [2.24, 2.45) is 5.18 Å². The maximum Gasteiger partial charge on any atom is 0.418 e. The number of rotatable bonds is 3. The zero-order valence-electron chi connectivity index (χ0n) is 15.5. The average Bonchev–Trinajstić information content (AvgIpc) is 2.56. The summed E-state index contributed by atoms with van der Waals surface area (Å²) in [7, 11) is 0. The lowest BCUT2D eigenvalue weighted by Crippen LogP contribution is -2.20. The van der Waals surface area contributed by atoms with Crippen LogP contribution in [-0.4, -0.2) is 11.0 Å². The Balaban J connectivity index is 2.58. The lowest BCUT2D eigenvalue weighted by Gasteiger charge is -2.24. The van der Waals surface area contributed by atoms with E-state index in [0.717, 1.165) is 12.1 Å². The van der Waals surface area contributed by atoms with E-state index < -0.39 is 34.4 Å². The summed E-state index contributed by atoms with van der Waals surface area (Å²) in [6, 6.07) is 4.24. The van der Waals surface area contributed by atoms with E-state index in [0.29, 0.717) is 21.7 Å². The number of phenolic OH excluding ortho intramolecular Hbond substituents is 1. The van der Waals surface area contributed by atoms with E-state index in [1.807, 2.05) is 20.8 Å². The van der Waals surface area contributed by atoms with E-state index in [4.69, 9.17) is 0 Å². The summed E-state index contributed by atoms with van der Waals surface area (Å²) in [5.41, 5.74) is -1.97. The van der Waals surface area contributed by atoms with Crippen molar-refractivity contribution < 1.29 is 23.1 Å². The van der Waals surface area contributed by atoms with Crippen LogP contribution in [0.25, 0.3) is 0 Å². The number of benzene rings is 2. The molecule has 0 heterocycles. The van der Waals surface area contributed by atoms with Crippen molar-refractivity contribution in [1.82, 2.24) is 0 Å². The molecular weight excluding hydrogens is 441 g/mol. The van der Waals surface area contributed by atoms with Gasteiger partial charge in [-0.3, -0.25) is 4.79 Å². The summed E-state index contributed by atoms with van der Waals surface area (Å²) in [5, 5.41) is 15.3. The molecule has 0 fully saturated rings. The van der Waals surface area contributed by atoms with E-state index in [2.05, 4.69) is 26.4 Å². The van der Waals surface area contributed by atoms with Gasteiger partial charge in [0.05, 0.1) is 16.8 Å². The third-order valence-corrected chi connectivity index (χ3v) is 5.02. The molecule has 2 rings (SSSR count). The summed E-state index contributed by atoms with van der Waals surface area (Å²) in [6.45, 7) is 7.06. The molecule has 2 N–H and O–H groups in total. The predicted molar refractivity (Wildman–Crippen MR) is 104 cm³/mol. The number of nitroso groups, excluding NO2 is 1. The number of nitrogens with one attached hydrogen (secondary N) is 1. The minimum absolute atomic E-state index is 0.134. The number of phenols is 1. The molecule has 0 saturated heterocycles. The van der Waals surface area contributed by atoms with Gasteiger partial charge in [-0.2, -0.15) is 13.2 Å². The molecule has 0 atom stereocenters. The fourth-order valence-electron chi connectivity index (χ4n) is 2.70. The molecule has 9 heteroatoms. The normalized spacial score (nSPS) is 12.0. The third kappa shape index (κ3) is 4.35. The maximum atomic E-state index is 13.3. The highest BCUT2D eigenvalue weighted by molar-refractivity contribution is 9.10. The molecule has 0 aliphatic carbocycles. The molecule has 0 radical (unpaired) electrons. The van der Waals surface area contributed by atoms with Gasteiger partial charge in [-0.25, -0.2) is 0 Å². The standard InChI is InChI=1S/C19H18BrF3N2O3/c1-9-13(20)8-12(18(2,3)4)16(26)15(9)17(27)24-14-6-5-10(25-28)7-11(14)19(21,22)23/h5-8,26H,1-4H3,(H,24,27). The molecule has 0 unspecified atom stereocenters. The van der Waals surface area contributed by atoms with Crippen LogP contribution >= 0.6 is 15.9 Å². The summed E-state index contributed by atoms with van der Waals surface area (Å²) in [6.07, 6.45) is -4.81. The van der Waals surface area contributed by atoms with Crippen molar-refractivity contribution in [3.63, 3.8) is 0 Å². The zero-order chi connectivity index (χ0) is 21.4. The Morgan fingerprint density at radius 1 is 1.14 bits per heavy atom. The number of hydrogen-bond acceptors (Lipinski definition) is 4. The van der Waals surface area contributed by atoms with Gasteiger partial charge in [-0.15, -0.1) is 4.91 Å². The maximum absolute atomic E-state index is 13.3. The minimum Gasteiger partial charge on any atom is -0.507 e. The molecule has 0 aliphatic rings. The first-order valence-corrected chi connectivity index (χ1v) is 8.95. The number of aromatic hydroxyl groups is 1. The molecule has 150 valence electrons. The van der Waals surface area contributed by atoms with Gasteiger partial charge in [0, 0.05) is 10.0 Å². The van der Waals surface area contributed by atoms with Gasteiger partial charge in [0.15, 0.2) is 0 Å². The van der Waals surface area contributed by atoms with Crippen molar-refractivity contribution in [3.8, 4) is 5.75 Å². The number of alkyl halides is 3. The second-order valence-corrected chi connectivity index (χ2v) is 8.13. The van der Waals surface area contributed by atoms with Crippen LogP contribution in [0.4, 0.5) is 24.5 Å². The van der Waals surface area contributed by atoms with Gasteiger partial charge in [-0.05, 0) is 47.3 Å². The topological polar surface area (TPSA) is 78.8 Å². The Morgan fingerprint density at radius 3 is 2.25 bits per heavy atom. The van der Waals surface area contributed by atoms with Crippen LogP contribution in [0.15, 0.2) is 33.9 Å². The van der Waals surface area contributed by atoms with Crippen LogP contribution in [0.5, 0.6) is 5.75 Å². The molecule has 28 heavy (non-hydrogen) atoms. The highest BCUT2D eigenvalue weighted by Crippen LogP contribution is 2.40. The SMILES string of the molecule is Cc1c(Br)cc(C(C)(C)C)c(O)c1C(=O)Nc1ccc(N=O)cc1C(F)(F)F. The number of hydrogen-bond donors (Lipinski definition) is 2. The number of halogens is 4. The van der Waals surface area contributed by atoms with Crippen molar-refractivity contribution >= 4 is 33.2 Å². The summed E-state index contributed by atoms with van der Waals surface area (Å²) >= 11 is 3.32. The van der Waals surface area contributed by atoms with Gasteiger partial charge in [0.1, 0.15) is 11.4 Å². The van der Waals surface area contributed by atoms with Gasteiger partial charge < -0.3 is 10.4 Å². The highest BCUT2D eigenvalue weighted by Gasteiger charge is 2.35. The van der Waals surface area contributed by atoms with E-state index in [1.54, 1.807) is 13.0 Å². The Kier molecular flexibility index (Phi) is 5.89.